The third-order valence-electron chi connectivity index (χ3n) is 4.90. The van der Waals surface area contributed by atoms with Gasteiger partial charge in [-0.15, -0.1) is 12.4 Å². The number of hydrogen-bond donors (Lipinski definition) is 1. The number of nitrogens with zero attached hydrogens (tertiary/aromatic N) is 2. The van der Waals surface area contributed by atoms with Crippen LogP contribution in [-0.2, 0) is 9.53 Å². The second-order valence-corrected chi connectivity index (χ2v) is 6.33. The van der Waals surface area contributed by atoms with Crippen LogP contribution in [0.1, 0.15) is 25.7 Å². The molecule has 1 N–H and O–H groups in total. The minimum absolute atomic E-state index is 0. The molecule has 21 heavy (non-hydrogen) atoms. The summed E-state index contributed by atoms with van der Waals surface area (Å²) in [6, 6.07) is 0.0945. The van der Waals surface area contributed by atoms with Crippen molar-refractivity contribution in [3.8, 4) is 0 Å². The summed E-state index contributed by atoms with van der Waals surface area (Å²) in [5.74, 6) is 1.12. The Morgan fingerprint density at radius 1 is 1.10 bits per heavy atom. The minimum atomic E-state index is 0. The first-order valence-electron chi connectivity index (χ1n) is 8.15. The number of piperazine rings is 1. The van der Waals surface area contributed by atoms with E-state index in [9.17, 15) is 4.79 Å². The van der Waals surface area contributed by atoms with Crippen LogP contribution in [0, 0.1) is 5.92 Å². The number of halogens is 1. The maximum Gasteiger partial charge on any atom is 0.239 e. The van der Waals surface area contributed by atoms with Crippen molar-refractivity contribution in [3.63, 3.8) is 0 Å². The highest BCUT2D eigenvalue weighted by atomic mass is 35.5. The van der Waals surface area contributed by atoms with Crippen LogP contribution in [0.4, 0.5) is 0 Å². The normalized spacial score (nSPS) is 28.4. The van der Waals surface area contributed by atoms with Gasteiger partial charge in [-0.1, -0.05) is 0 Å². The Labute approximate surface area is 133 Å². The van der Waals surface area contributed by atoms with E-state index in [2.05, 4.69) is 15.1 Å². The summed E-state index contributed by atoms with van der Waals surface area (Å²) in [6.07, 6.45) is 4.55. The van der Waals surface area contributed by atoms with Gasteiger partial charge in [-0.3, -0.25) is 9.69 Å². The smallest absolute Gasteiger partial charge is 0.239 e. The number of carbonyl (C=O) groups excluding carboxylic acids is 1. The van der Waals surface area contributed by atoms with Crippen LogP contribution in [0.2, 0.25) is 0 Å². The SMILES string of the molecule is Cl.O=C(C1CCCN1)N1CCN(CC2CCOCC2)CC1. The van der Waals surface area contributed by atoms with Gasteiger partial charge in [-0.2, -0.15) is 0 Å². The third kappa shape index (κ3) is 4.55. The van der Waals surface area contributed by atoms with Crippen molar-refractivity contribution in [1.82, 2.24) is 15.1 Å². The highest BCUT2D eigenvalue weighted by Gasteiger charge is 2.29. The van der Waals surface area contributed by atoms with E-state index in [-0.39, 0.29) is 18.4 Å². The van der Waals surface area contributed by atoms with Crippen LogP contribution < -0.4 is 5.32 Å². The van der Waals surface area contributed by atoms with Gasteiger partial charge in [-0.25, -0.2) is 0 Å². The zero-order valence-electron chi connectivity index (χ0n) is 12.8. The van der Waals surface area contributed by atoms with Crippen molar-refractivity contribution in [3.05, 3.63) is 0 Å². The molecule has 1 amide bonds. The molecule has 5 nitrogen and oxygen atoms in total. The lowest BCUT2D eigenvalue weighted by molar-refractivity contribution is -0.134. The van der Waals surface area contributed by atoms with Crippen molar-refractivity contribution in [2.45, 2.75) is 31.7 Å². The summed E-state index contributed by atoms with van der Waals surface area (Å²) in [5.41, 5.74) is 0. The Balaban J connectivity index is 0.00000161. The molecule has 1 unspecified atom stereocenters. The standard InChI is InChI=1S/C15H27N3O2.ClH/c19-15(14-2-1-5-16-14)18-8-6-17(7-9-18)12-13-3-10-20-11-4-13;/h13-14,16H,1-12H2;1H. The summed E-state index contributed by atoms with van der Waals surface area (Å²) < 4.78 is 5.42. The van der Waals surface area contributed by atoms with E-state index in [1.807, 2.05) is 0 Å². The fourth-order valence-electron chi connectivity index (χ4n) is 3.56. The molecule has 6 heteroatoms. The molecule has 3 rings (SSSR count). The Hall–Kier alpha value is -0.360. The van der Waals surface area contributed by atoms with Gasteiger partial charge in [0.15, 0.2) is 0 Å². The molecule has 3 fully saturated rings. The maximum absolute atomic E-state index is 12.3. The zero-order valence-corrected chi connectivity index (χ0v) is 13.6. The topological polar surface area (TPSA) is 44.8 Å². The fraction of sp³-hybridized carbons (Fsp3) is 0.933. The van der Waals surface area contributed by atoms with Gasteiger partial charge in [0.1, 0.15) is 0 Å². The Morgan fingerprint density at radius 3 is 2.43 bits per heavy atom. The minimum Gasteiger partial charge on any atom is -0.381 e. The van der Waals surface area contributed by atoms with Gasteiger partial charge < -0.3 is 15.0 Å². The lowest BCUT2D eigenvalue weighted by Crippen LogP contribution is -2.53. The number of carbonyl (C=O) groups is 1. The first-order valence-corrected chi connectivity index (χ1v) is 8.15. The van der Waals surface area contributed by atoms with Crippen molar-refractivity contribution in [2.75, 3.05) is 52.5 Å². The van der Waals surface area contributed by atoms with Crippen molar-refractivity contribution in [2.24, 2.45) is 5.92 Å². The molecule has 0 spiro atoms. The van der Waals surface area contributed by atoms with Crippen LogP contribution >= 0.6 is 12.4 Å². The van der Waals surface area contributed by atoms with Crippen molar-refractivity contribution < 1.29 is 9.53 Å². The Kier molecular flexibility index (Phi) is 6.74. The molecule has 0 saturated carbocycles. The predicted octanol–water partition coefficient (Wildman–Crippen LogP) is 0.731. The van der Waals surface area contributed by atoms with Gasteiger partial charge in [0, 0.05) is 45.9 Å². The van der Waals surface area contributed by atoms with Gasteiger partial charge in [0.05, 0.1) is 6.04 Å². The van der Waals surface area contributed by atoms with E-state index in [0.717, 1.165) is 64.7 Å². The molecule has 3 aliphatic rings. The maximum atomic E-state index is 12.3. The number of hydrogen-bond acceptors (Lipinski definition) is 4. The summed E-state index contributed by atoms with van der Waals surface area (Å²) in [7, 11) is 0. The lowest BCUT2D eigenvalue weighted by atomic mass is 9.99. The lowest BCUT2D eigenvalue weighted by Gasteiger charge is -2.38. The van der Waals surface area contributed by atoms with Crippen LogP contribution in [0.25, 0.3) is 0 Å². The highest BCUT2D eigenvalue weighted by Crippen LogP contribution is 2.17. The Bertz CT molecular complexity index is 323. The third-order valence-corrected chi connectivity index (χ3v) is 4.90. The largest absolute Gasteiger partial charge is 0.381 e. The Morgan fingerprint density at radius 2 is 1.81 bits per heavy atom. The van der Waals surface area contributed by atoms with Crippen LogP contribution in [0.5, 0.6) is 0 Å². The molecular formula is C15H28ClN3O2. The summed E-state index contributed by atoms with van der Waals surface area (Å²) in [5, 5.41) is 3.31. The fourth-order valence-corrected chi connectivity index (χ4v) is 3.56. The number of rotatable bonds is 3. The predicted molar refractivity (Wildman–Crippen MR) is 84.8 cm³/mol. The molecular weight excluding hydrogens is 290 g/mol. The molecule has 122 valence electrons. The van der Waals surface area contributed by atoms with E-state index in [0.29, 0.717) is 5.91 Å². The van der Waals surface area contributed by atoms with Crippen LogP contribution in [-0.4, -0.2) is 74.2 Å². The van der Waals surface area contributed by atoms with Crippen LogP contribution in [0.15, 0.2) is 0 Å². The van der Waals surface area contributed by atoms with E-state index < -0.39 is 0 Å². The molecule has 3 heterocycles. The second-order valence-electron chi connectivity index (χ2n) is 6.33. The van der Waals surface area contributed by atoms with E-state index in [1.54, 1.807) is 0 Å². The highest BCUT2D eigenvalue weighted by molar-refractivity contribution is 5.85. The van der Waals surface area contributed by atoms with Gasteiger partial charge in [0.25, 0.3) is 0 Å². The summed E-state index contributed by atoms with van der Waals surface area (Å²) in [6.45, 7) is 7.92. The quantitative estimate of drug-likeness (QED) is 0.833. The first-order chi connectivity index (χ1) is 9.83. The monoisotopic (exact) mass is 317 g/mol. The number of nitrogens with one attached hydrogen (secondary N) is 1. The second kappa shape index (κ2) is 8.32. The number of ether oxygens (including phenoxy) is 1. The first kappa shape index (κ1) is 17.0. The molecule has 0 aromatic rings. The van der Waals surface area contributed by atoms with Gasteiger partial charge in [-0.05, 0) is 38.1 Å². The zero-order chi connectivity index (χ0) is 13.8. The molecule has 1 atom stereocenters. The average Bonchev–Trinajstić information content (AvgIpc) is 3.03. The van der Waals surface area contributed by atoms with Crippen LogP contribution in [0.3, 0.4) is 0 Å². The molecule has 0 bridgehead atoms. The summed E-state index contributed by atoms with van der Waals surface area (Å²) >= 11 is 0. The van der Waals surface area contributed by atoms with Gasteiger partial charge >= 0.3 is 0 Å². The molecule has 3 aliphatic heterocycles. The van der Waals surface area contributed by atoms with Crippen molar-refractivity contribution >= 4 is 18.3 Å². The molecule has 0 radical (unpaired) electrons. The average molecular weight is 318 g/mol. The number of amides is 1. The van der Waals surface area contributed by atoms with Gasteiger partial charge in [0.2, 0.25) is 5.91 Å². The molecule has 0 aliphatic carbocycles. The van der Waals surface area contributed by atoms with E-state index >= 15 is 0 Å². The van der Waals surface area contributed by atoms with E-state index in [4.69, 9.17) is 4.74 Å². The van der Waals surface area contributed by atoms with Crippen molar-refractivity contribution in [1.29, 1.82) is 0 Å². The molecule has 3 saturated heterocycles. The molecule has 0 aromatic heterocycles. The molecule has 0 aromatic carbocycles. The summed E-state index contributed by atoms with van der Waals surface area (Å²) in [4.78, 5) is 16.9. The van der Waals surface area contributed by atoms with E-state index in [1.165, 1.54) is 19.4 Å².